The molecule has 2 heterocycles. The molecule has 0 aliphatic carbocycles. The number of benzene rings is 5. The molecule has 260 valence electrons. The van der Waals surface area contributed by atoms with Crippen LogP contribution in [0.3, 0.4) is 0 Å². The zero-order valence-electron chi connectivity index (χ0n) is 29.2. The molecule has 0 saturated heterocycles. The first-order valence-corrected chi connectivity index (χ1v) is 17.6. The number of carboxylic acid groups (broad SMARTS) is 1. The van der Waals surface area contributed by atoms with Gasteiger partial charge in [0.25, 0.3) is 0 Å². The lowest BCUT2D eigenvalue weighted by Crippen LogP contribution is -2.48. The van der Waals surface area contributed by atoms with Gasteiger partial charge in [-0.05, 0) is 56.7 Å². The summed E-state index contributed by atoms with van der Waals surface area (Å²) in [5.41, 5.74) is 4.49. The van der Waals surface area contributed by atoms with Gasteiger partial charge in [-0.25, -0.2) is 9.78 Å². The van der Waals surface area contributed by atoms with Crippen molar-refractivity contribution in [3.8, 4) is 11.1 Å². The summed E-state index contributed by atoms with van der Waals surface area (Å²) in [7, 11) is 0. The quantitative estimate of drug-likeness (QED) is 0.117. The van der Waals surface area contributed by atoms with E-state index < -0.39 is 23.2 Å². The van der Waals surface area contributed by atoms with E-state index in [-0.39, 0.29) is 11.4 Å². The van der Waals surface area contributed by atoms with Crippen molar-refractivity contribution in [1.82, 2.24) is 9.55 Å². The van der Waals surface area contributed by atoms with Crippen molar-refractivity contribution in [3.05, 3.63) is 185 Å². The molecule has 1 aliphatic heterocycles. The van der Waals surface area contributed by atoms with Crippen LogP contribution in [0.25, 0.3) is 11.1 Å². The number of aliphatic hydroxyl groups excluding tert-OH is 1. The minimum atomic E-state index is -1.33. The smallest absolute Gasteiger partial charge is 0.354 e. The Balaban J connectivity index is 1.39. The number of hydrogen-bond acceptors (Lipinski definition) is 7. The van der Waals surface area contributed by atoms with Crippen LogP contribution in [0.15, 0.2) is 160 Å². The summed E-state index contributed by atoms with van der Waals surface area (Å²) in [6, 6.07) is 47.1. The van der Waals surface area contributed by atoms with Gasteiger partial charge in [0.1, 0.15) is 11.5 Å². The fourth-order valence-corrected chi connectivity index (χ4v) is 7.58. The van der Waals surface area contributed by atoms with Crippen molar-refractivity contribution in [2.24, 2.45) is 20.7 Å². The van der Waals surface area contributed by atoms with Gasteiger partial charge in [0.15, 0.2) is 5.69 Å². The van der Waals surface area contributed by atoms with Gasteiger partial charge in [0.2, 0.25) is 5.66 Å². The summed E-state index contributed by atoms with van der Waals surface area (Å²) >= 11 is 0. The minimum Gasteiger partial charge on any atom is -0.477 e. The first-order chi connectivity index (χ1) is 25.4. The summed E-state index contributed by atoms with van der Waals surface area (Å²) in [4.78, 5) is 17.1. The first kappa shape index (κ1) is 34.4. The highest BCUT2D eigenvalue weighted by Gasteiger charge is 2.60. The van der Waals surface area contributed by atoms with Crippen LogP contribution in [-0.2, 0) is 24.0 Å². The maximum atomic E-state index is 12.5. The average molecular weight is 689 g/mol. The Labute approximate surface area is 303 Å². The Hall–Kier alpha value is -6.06. The zero-order chi connectivity index (χ0) is 36.1. The molecule has 7 rings (SSSR count). The Kier molecular flexibility index (Phi) is 9.69. The van der Waals surface area contributed by atoms with E-state index in [4.69, 9.17) is 10.2 Å². The van der Waals surface area contributed by atoms with Crippen LogP contribution in [0.4, 0.5) is 0 Å². The largest absolute Gasteiger partial charge is 0.477 e. The molecule has 9 nitrogen and oxygen atoms in total. The third-order valence-electron chi connectivity index (χ3n) is 9.92. The number of carbonyl (C=O) groups is 1. The topological polar surface area (TPSA) is 125 Å². The molecule has 0 fully saturated rings. The highest BCUT2D eigenvalue weighted by atomic mass is 16.4. The van der Waals surface area contributed by atoms with Gasteiger partial charge in [-0.3, -0.25) is 0 Å². The Bertz CT molecular complexity index is 2110. The zero-order valence-corrected chi connectivity index (χ0v) is 29.2. The molecule has 0 radical (unpaired) electrons. The Morgan fingerprint density at radius 2 is 1.25 bits per heavy atom. The fourth-order valence-electron chi connectivity index (χ4n) is 7.58. The standard InChI is InChI=1S/C43H40N6O3/c1-3-16-38-44-39(37(50)4-2)40(41(51)52)49(38)29-30-25-27-31(28-26-30)35-23-14-15-24-36(35)43(45-47-48-46-43)42(32-17-8-5-9-18-32,33-19-10-6-11-20-33)34-21-12-7-13-22-34/h5-15,17-28,37,50H,3-4,16,29H2,1-2H3,(H,51,52). The molecule has 0 amide bonds. The molecule has 0 saturated carbocycles. The highest BCUT2D eigenvalue weighted by molar-refractivity contribution is 5.87. The summed E-state index contributed by atoms with van der Waals surface area (Å²) < 4.78 is 1.73. The monoisotopic (exact) mass is 688 g/mol. The van der Waals surface area contributed by atoms with Crippen molar-refractivity contribution in [2.45, 2.75) is 56.8 Å². The average Bonchev–Trinajstić information content (AvgIpc) is 3.83. The second-order valence-electron chi connectivity index (χ2n) is 13.0. The summed E-state index contributed by atoms with van der Waals surface area (Å²) in [6.45, 7) is 4.14. The van der Waals surface area contributed by atoms with E-state index in [1.54, 1.807) is 4.57 Å². The second kappa shape index (κ2) is 14.7. The summed E-state index contributed by atoms with van der Waals surface area (Å²) in [5.74, 6) is -0.457. The van der Waals surface area contributed by atoms with Crippen LogP contribution in [0.1, 0.15) is 82.6 Å². The first-order valence-electron chi connectivity index (χ1n) is 17.6. The number of aromatic carboxylic acids is 1. The predicted molar refractivity (Wildman–Crippen MR) is 200 cm³/mol. The SMILES string of the molecule is CCCc1nc(C(O)CC)c(C(=O)O)n1Cc1ccc(-c2ccccc2C2(C(c3ccccc3)(c3ccccc3)c3ccccc3)N=NN=N2)cc1. The molecule has 1 unspecified atom stereocenters. The molecule has 0 bridgehead atoms. The Morgan fingerprint density at radius 1 is 0.731 bits per heavy atom. The number of aryl methyl sites for hydroxylation is 1. The van der Waals surface area contributed by atoms with Crippen LogP contribution in [0, 0.1) is 0 Å². The van der Waals surface area contributed by atoms with Gasteiger partial charge in [-0.2, -0.15) is 0 Å². The van der Waals surface area contributed by atoms with Crippen LogP contribution in [0.2, 0.25) is 0 Å². The maximum Gasteiger partial charge on any atom is 0.354 e. The van der Waals surface area contributed by atoms with Gasteiger partial charge < -0.3 is 14.8 Å². The van der Waals surface area contributed by atoms with Gasteiger partial charge in [0.05, 0.1) is 11.5 Å². The van der Waals surface area contributed by atoms with E-state index in [0.29, 0.717) is 25.2 Å². The van der Waals surface area contributed by atoms with E-state index in [0.717, 1.165) is 45.4 Å². The van der Waals surface area contributed by atoms with Crippen LogP contribution >= 0.6 is 0 Å². The van der Waals surface area contributed by atoms with Crippen molar-refractivity contribution >= 4 is 5.97 Å². The molecule has 1 atom stereocenters. The molecule has 2 N–H and O–H groups in total. The van der Waals surface area contributed by atoms with E-state index in [9.17, 15) is 15.0 Å². The van der Waals surface area contributed by atoms with Crippen LogP contribution in [-0.4, -0.2) is 25.7 Å². The van der Waals surface area contributed by atoms with Crippen molar-refractivity contribution in [3.63, 3.8) is 0 Å². The number of nitrogens with zero attached hydrogens (tertiary/aromatic N) is 6. The normalized spacial score (nSPS) is 14.1. The van der Waals surface area contributed by atoms with E-state index in [2.05, 4.69) is 64.0 Å². The van der Waals surface area contributed by atoms with Gasteiger partial charge in [-0.15, -0.1) is 10.2 Å². The molecule has 0 spiro atoms. The summed E-state index contributed by atoms with van der Waals surface area (Å²) in [6.07, 6.45) is 0.811. The maximum absolute atomic E-state index is 12.5. The number of aromatic nitrogens is 2. The van der Waals surface area contributed by atoms with Crippen molar-refractivity contribution < 1.29 is 15.0 Å². The molecule has 1 aliphatic rings. The third-order valence-corrected chi connectivity index (χ3v) is 9.92. The van der Waals surface area contributed by atoms with Crippen LogP contribution in [0.5, 0.6) is 0 Å². The molecular formula is C43H40N6O3. The molecular weight excluding hydrogens is 649 g/mol. The van der Waals surface area contributed by atoms with E-state index in [1.165, 1.54) is 0 Å². The molecule has 9 heteroatoms. The van der Waals surface area contributed by atoms with Crippen LogP contribution < -0.4 is 0 Å². The lowest BCUT2D eigenvalue weighted by atomic mass is 9.59. The lowest BCUT2D eigenvalue weighted by Gasteiger charge is -2.45. The minimum absolute atomic E-state index is 0.0326. The Morgan fingerprint density at radius 3 is 1.75 bits per heavy atom. The van der Waals surface area contributed by atoms with Crippen molar-refractivity contribution in [1.29, 1.82) is 0 Å². The highest BCUT2D eigenvalue weighted by Crippen LogP contribution is 2.58. The molecule has 5 aromatic carbocycles. The number of carboxylic acids is 1. The van der Waals surface area contributed by atoms with Crippen molar-refractivity contribution in [2.75, 3.05) is 0 Å². The lowest BCUT2D eigenvalue weighted by molar-refractivity contribution is 0.0675. The number of hydrogen-bond donors (Lipinski definition) is 2. The number of rotatable bonds is 13. The number of imidazole rings is 1. The van der Waals surface area contributed by atoms with Gasteiger partial charge in [0, 0.05) is 18.5 Å². The fraction of sp³-hybridized carbons (Fsp3) is 0.209. The van der Waals surface area contributed by atoms with E-state index in [1.807, 2.05) is 105 Å². The summed E-state index contributed by atoms with van der Waals surface area (Å²) in [5, 5.41) is 39.3. The molecule has 52 heavy (non-hydrogen) atoms. The second-order valence-corrected chi connectivity index (χ2v) is 13.0. The van der Waals surface area contributed by atoms with Gasteiger partial charge in [-0.1, -0.05) is 153 Å². The number of aliphatic hydroxyl groups is 1. The van der Waals surface area contributed by atoms with Gasteiger partial charge >= 0.3 is 5.97 Å². The predicted octanol–water partition coefficient (Wildman–Crippen LogP) is 9.71. The van der Waals surface area contributed by atoms with E-state index >= 15 is 0 Å². The molecule has 1 aromatic heterocycles. The molecule has 6 aromatic rings. The third kappa shape index (κ3) is 5.82.